The molecule has 0 atom stereocenters. The van der Waals surface area contributed by atoms with Gasteiger partial charge in [0, 0.05) is 24.9 Å². The third-order valence-corrected chi connectivity index (χ3v) is 2.98. The predicted molar refractivity (Wildman–Crippen MR) is 83.4 cm³/mol. The minimum absolute atomic E-state index is 0.0567. The number of methoxy groups -OCH3 is 1. The molecule has 0 bridgehead atoms. The van der Waals surface area contributed by atoms with Crippen molar-refractivity contribution in [3.8, 4) is 5.75 Å². The van der Waals surface area contributed by atoms with Gasteiger partial charge in [0.1, 0.15) is 11.4 Å². The molecular weight excluding hydrogens is 300 g/mol. The van der Waals surface area contributed by atoms with Gasteiger partial charge < -0.3 is 15.0 Å². The summed E-state index contributed by atoms with van der Waals surface area (Å²) in [6.07, 6.45) is 0. The molecule has 1 heterocycles. The number of hydrogen-bond donors (Lipinski definition) is 2. The van der Waals surface area contributed by atoms with Crippen molar-refractivity contribution >= 4 is 17.5 Å². The molecule has 0 radical (unpaired) electrons. The number of ether oxygens (including phenoxy) is 1. The zero-order valence-corrected chi connectivity index (χ0v) is 12.7. The molecule has 0 unspecified atom stereocenters. The maximum Gasteiger partial charge on any atom is 0.274 e. The zero-order chi connectivity index (χ0) is 16.8. The van der Waals surface area contributed by atoms with Crippen LogP contribution in [0.2, 0.25) is 0 Å². The van der Waals surface area contributed by atoms with Gasteiger partial charge in [-0.3, -0.25) is 14.4 Å². The molecule has 23 heavy (non-hydrogen) atoms. The van der Waals surface area contributed by atoms with Crippen LogP contribution in [0.25, 0.3) is 0 Å². The van der Waals surface area contributed by atoms with Gasteiger partial charge in [-0.2, -0.15) is 5.10 Å². The summed E-state index contributed by atoms with van der Waals surface area (Å²) in [5.74, 6) is -0.217. The maximum atomic E-state index is 12.1. The van der Waals surface area contributed by atoms with Crippen LogP contribution < -0.4 is 15.6 Å². The molecule has 2 amide bonds. The van der Waals surface area contributed by atoms with Crippen molar-refractivity contribution in [3.05, 3.63) is 52.4 Å². The summed E-state index contributed by atoms with van der Waals surface area (Å²) >= 11 is 0. The molecule has 120 valence electrons. The molecule has 2 aromatic rings. The van der Waals surface area contributed by atoms with E-state index < -0.39 is 11.5 Å². The van der Waals surface area contributed by atoms with Crippen molar-refractivity contribution in [3.63, 3.8) is 0 Å². The van der Waals surface area contributed by atoms with Crippen molar-refractivity contribution < 1.29 is 14.3 Å². The number of nitrogens with one attached hydrogen (secondary N) is 2. The Balaban J connectivity index is 1.97. The second-order valence-electron chi connectivity index (χ2n) is 4.75. The Hall–Kier alpha value is -3.16. The number of carbonyl (C=O) groups excluding carboxylic acids is 2. The van der Waals surface area contributed by atoms with Crippen LogP contribution in [0.4, 0.5) is 5.69 Å². The van der Waals surface area contributed by atoms with Crippen LogP contribution in [0.3, 0.4) is 0 Å². The Kier molecular flexibility index (Phi) is 5.08. The van der Waals surface area contributed by atoms with Crippen molar-refractivity contribution in [2.75, 3.05) is 26.0 Å². The highest BCUT2D eigenvalue weighted by molar-refractivity contribution is 5.98. The third kappa shape index (κ3) is 4.40. The number of carbonyl (C=O) groups is 2. The molecule has 0 aliphatic heterocycles. The van der Waals surface area contributed by atoms with Gasteiger partial charge in [0.05, 0.1) is 13.7 Å². The number of amides is 2. The average Bonchev–Trinajstić information content (AvgIpc) is 2.54. The van der Waals surface area contributed by atoms with Crippen LogP contribution in [-0.4, -0.2) is 47.6 Å². The lowest BCUT2D eigenvalue weighted by Gasteiger charge is -2.16. The summed E-state index contributed by atoms with van der Waals surface area (Å²) in [7, 11) is 3.00. The fraction of sp³-hybridized carbons (Fsp3) is 0.200. The number of hydrogen-bond acceptors (Lipinski definition) is 5. The van der Waals surface area contributed by atoms with Gasteiger partial charge in [0.2, 0.25) is 5.91 Å². The predicted octanol–water partition coefficient (Wildman–Crippen LogP) is 0.489. The van der Waals surface area contributed by atoms with Gasteiger partial charge in [-0.05, 0) is 18.2 Å². The lowest BCUT2D eigenvalue weighted by molar-refractivity contribution is -0.116. The highest BCUT2D eigenvalue weighted by Crippen LogP contribution is 2.16. The number of aromatic nitrogens is 2. The molecule has 8 nitrogen and oxygen atoms in total. The molecule has 0 fully saturated rings. The van der Waals surface area contributed by atoms with Crippen molar-refractivity contribution in [1.29, 1.82) is 0 Å². The number of anilines is 1. The minimum atomic E-state index is -0.470. The van der Waals surface area contributed by atoms with Crippen LogP contribution >= 0.6 is 0 Å². The van der Waals surface area contributed by atoms with E-state index in [1.165, 1.54) is 31.2 Å². The molecule has 0 aliphatic carbocycles. The van der Waals surface area contributed by atoms with E-state index >= 15 is 0 Å². The van der Waals surface area contributed by atoms with Gasteiger partial charge in [0.15, 0.2) is 0 Å². The molecule has 2 N–H and O–H groups in total. The lowest BCUT2D eigenvalue weighted by Crippen LogP contribution is -2.35. The third-order valence-electron chi connectivity index (χ3n) is 2.98. The molecule has 0 spiro atoms. The molecule has 0 saturated carbocycles. The van der Waals surface area contributed by atoms with Crippen LogP contribution in [0, 0.1) is 0 Å². The Morgan fingerprint density at radius 1 is 1.30 bits per heavy atom. The first-order chi connectivity index (χ1) is 11.0. The van der Waals surface area contributed by atoms with Gasteiger partial charge >= 0.3 is 0 Å². The number of nitrogens with zero attached hydrogens (tertiary/aromatic N) is 2. The van der Waals surface area contributed by atoms with Crippen LogP contribution in [-0.2, 0) is 4.79 Å². The van der Waals surface area contributed by atoms with Crippen molar-refractivity contribution in [1.82, 2.24) is 15.1 Å². The molecular formula is C15H16N4O4. The Labute approximate surface area is 132 Å². The quantitative estimate of drug-likeness (QED) is 0.835. The maximum absolute atomic E-state index is 12.1. The Morgan fingerprint density at radius 3 is 2.74 bits per heavy atom. The van der Waals surface area contributed by atoms with E-state index in [0.717, 1.165) is 0 Å². The normalized spacial score (nSPS) is 10.0. The van der Waals surface area contributed by atoms with E-state index in [1.807, 2.05) is 0 Å². The number of likely N-dealkylation sites (N-methyl/N-ethyl adjacent to an activating group) is 1. The standard InChI is InChI=1S/C15H16N4O4/c1-19(15(22)12-6-7-13(20)18-17-12)9-14(21)16-10-4-3-5-11(8-10)23-2/h3-8H,9H2,1-2H3,(H,16,21)(H,18,20). The van der Waals surface area contributed by atoms with E-state index in [2.05, 4.69) is 15.5 Å². The number of aromatic amines is 1. The van der Waals surface area contributed by atoms with E-state index in [0.29, 0.717) is 11.4 Å². The first-order valence-corrected chi connectivity index (χ1v) is 6.74. The smallest absolute Gasteiger partial charge is 0.274 e. The molecule has 0 aliphatic rings. The number of rotatable bonds is 5. The first-order valence-electron chi connectivity index (χ1n) is 6.74. The zero-order valence-electron chi connectivity index (χ0n) is 12.7. The van der Waals surface area contributed by atoms with Gasteiger partial charge in [-0.1, -0.05) is 6.07 Å². The molecule has 8 heteroatoms. The average molecular weight is 316 g/mol. The first kappa shape index (κ1) is 16.2. The van der Waals surface area contributed by atoms with Crippen LogP contribution in [0.15, 0.2) is 41.2 Å². The molecule has 1 aromatic heterocycles. The summed E-state index contributed by atoms with van der Waals surface area (Å²) in [6, 6.07) is 9.39. The van der Waals surface area contributed by atoms with Crippen molar-refractivity contribution in [2.45, 2.75) is 0 Å². The summed E-state index contributed by atoms with van der Waals surface area (Å²) in [5.41, 5.74) is 0.221. The number of H-pyrrole nitrogens is 1. The van der Waals surface area contributed by atoms with Gasteiger partial charge in [-0.15, -0.1) is 0 Å². The van der Waals surface area contributed by atoms with Gasteiger partial charge in [0.25, 0.3) is 11.5 Å². The summed E-state index contributed by atoms with van der Waals surface area (Å²) in [4.78, 5) is 36.2. The molecule has 0 saturated heterocycles. The number of benzene rings is 1. The highest BCUT2D eigenvalue weighted by atomic mass is 16.5. The Morgan fingerprint density at radius 2 is 2.09 bits per heavy atom. The van der Waals surface area contributed by atoms with E-state index in [4.69, 9.17) is 4.74 Å². The van der Waals surface area contributed by atoms with Crippen molar-refractivity contribution in [2.24, 2.45) is 0 Å². The summed E-state index contributed by atoms with van der Waals surface area (Å²) in [6.45, 7) is -0.156. The highest BCUT2D eigenvalue weighted by Gasteiger charge is 2.16. The van der Waals surface area contributed by atoms with Gasteiger partial charge in [-0.25, -0.2) is 5.10 Å². The van der Waals surface area contributed by atoms with Crippen LogP contribution in [0.1, 0.15) is 10.5 Å². The second-order valence-corrected chi connectivity index (χ2v) is 4.75. The van der Waals surface area contributed by atoms with Crippen LogP contribution in [0.5, 0.6) is 5.75 Å². The Bertz CT molecular complexity index is 752. The summed E-state index contributed by atoms with van der Waals surface area (Å²) in [5, 5.41) is 8.48. The topological polar surface area (TPSA) is 104 Å². The minimum Gasteiger partial charge on any atom is -0.497 e. The molecule has 1 aromatic carbocycles. The van der Waals surface area contributed by atoms with E-state index in [-0.39, 0.29) is 18.1 Å². The monoisotopic (exact) mass is 316 g/mol. The lowest BCUT2D eigenvalue weighted by atomic mass is 10.3. The fourth-order valence-electron chi connectivity index (χ4n) is 1.85. The fourth-order valence-corrected chi connectivity index (χ4v) is 1.85. The second kappa shape index (κ2) is 7.21. The van der Waals surface area contributed by atoms with E-state index in [1.54, 1.807) is 24.3 Å². The summed E-state index contributed by atoms with van der Waals surface area (Å²) < 4.78 is 5.07. The largest absolute Gasteiger partial charge is 0.497 e. The molecule has 2 rings (SSSR count). The SMILES string of the molecule is COc1cccc(NC(=O)CN(C)C(=O)c2ccc(=O)[nH]n2)c1. The van der Waals surface area contributed by atoms with E-state index in [9.17, 15) is 14.4 Å².